The van der Waals surface area contributed by atoms with E-state index in [1.807, 2.05) is 12.1 Å². The van der Waals surface area contributed by atoms with Gasteiger partial charge in [-0.25, -0.2) is 14.4 Å². The van der Waals surface area contributed by atoms with Crippen LogP contribution >= 0.6 is 23.2 Å². The first-order valence-electron chi connectivity index (χ1n) is 31.3. The van der Waals surface area contributed by atoms with Crippen molar-refractivity contribution in [3.8, 4) is 5.75 Å². The van der Waals surface area contributed by atoms with E-state index in [4.69, 9.17) is 51.6 Å². The molecule has 19 nitrogen and oxygen atoms in total. The zero-order valence-electron chi connectivity index (χ0n) is 52.3. The van der Waals surface area contributed by atoms with Crippen molar-refractivity contribution in [2.45, 2.75) is 166 Å². The number of carbonyl (C=O) groups is 7. The topological polar surface area (TPSA) is 271 Å². The minimum Gasteiger partial charge on any atom is -0.456 e. The summed E-state index contributed by atoms with van der Waals surface area (Å²) in [5.41, 5.74) is -4.19. The lowest BCUT2D eigenvalue weighted by Crippen LogP contribution is -2.82. The zero-order valence-corrected chi connectivity index (χ0v) is 53.8. The number of halogens is 2. The molecule has 5 N–H and O–H groups in total. The van der Waals surface area contributed by atoms with E-state index in [0.29, 0.717) is 53.9 Å². The number of esters is 4. The molecule has 2 bridgehead atoms. The van der Waals surface area contributed by atoms with E-state index in [1.54, 1.807) is 97.6 Å². The number of hydrogen-bond acceptors (Lipinski definition) is 17. The Labute approximate surface area is 540 Å². The molecule has 16 atom stereocenters. The molecule has 2 amide bonds. The molecule has 11 rings (SSSR count). The van der Waals surface area contributed by atoms with Crippen molar-refractivity contribution in [2.75, 3.05) is 31.5 Å². The van der Waals surface area contributed by atoms with Crippen LogP contribution < -0.4 is 10.1 Å². The van der Waals surface area contributed by atoms with Crippen LogP contribution in [0.5, 0.6) is 5.75 Å². The SMILES string of the molecule is CC(=O)O[C@H]1C(=O)[C@@]2(C)[C@H]([C@H](OC(=O)c3ccccc3)[C@]3(O)C[C@H](OC(=O)[C@H](O)[C@@H](NC(=O)c4ccccc4)c4ccccc4)C(C)=C1C3(C)C)[C@]1(OC(C)=O)CO[C@@H]1C[C@@H]2O.C[C@]12CC[C@@H]3c4ccc(OC(=O)N(CCCl)CCCl)cc4CC[C@H]3[C@@H]1CC[C@@H]2O. The molecule has 1 aliphatic heterocycles. The van der Waals surface area contributed by atoms with Crippen molar-refractivity contribution in [1.29, 1.82) is 0 Å². The molecule has 4 aromatic carbocycles. The molecule has 1 saturated heterocycles. The van der Waals surface area contributed by atoms with Crippen LogP contribution in [0, 0.1) is 34.0 Å². The number of fused-ring (bicyclic) bond motifs is 10. The molecule has 0 radical (unpaired) electrons. The number of hydrogen-bond donors (Lipinski definition) is 5. The smallest absolute Gasteiger partial charge is 0.415 e. The summed E-state index contributed by atoms with van der Waals surface area (Å²) in [6.45, 7) is 11.1. The van der Waals surface area contributed by atoms with Crippen LogP contribution in [0.1, 0.15) is 143 Å². The number of ketones is 1. The van der Waals surface area contributed by atoms with Gasteiger partial charge in [-0.2, -0.15) is 0 Å². The van der Waals surface area contributed by atoms with Gasteiger partial charge in [-0.05, 0) is 140 Å². The molecular formula is C70H82Cl2N2O17. The van der Waals surface area contributed by atoms with Gasteiger partial charge in [-0.1, -0.05) is 93.6 Å². The maximum absolute atomic E-state index is 15.5. The standard InChI is InChI=1S/C47H51NO14.C23H31Cl2NO3/c1-25-31(60-43(56)36(52)35(28-16-10-7-11-17-28)48-41(54)29-18-12-8-13-19-29)23-47(57)40(61-42(55)30-20-14-9-15-21-30)38-45(6,32(51)22-33-46(38,24-58-33)62-27(3)50)39(53)37(59-26(2)49)34(25)44(47,4)5;1-23-9-8-18-17-5-3-16(29-22(28)26(12-10-24)13-11-25)14-15(17)2-4-19(18)20(23)6-7-21(23)27/h7-21,31-33,35-38,40,51-52,57H,22-24H2,1-6H3,(H,48,54);3,5,14,18-21,27H,2,4,6-13H2,1H3/t31-,32-,33+,35-,36+,37+,38-,40-,45+,46-,47+;18-,19-,20+,21+,23+/m01/s1. The lowest BCUT2D eigenvalue weighted by atomic mass is 9.44. The highest BCUT2D eigenvalue weighted by molar-refractivity contribution is 6.18. The Bertz CT molecular complexity index is 3420. The van der Waals surface area contributed by atoms with Gasteiger partial charge in [0.05, 0.1) is 41.8 Å². The fourth-order valence-electron chi connectivity index (χ4n) is 16.4. The van der Waals surface area contributed by atoms with E-state index < -0.39 is 119 Å². The molecule has 7 aliphatic rings. The Kier molecular flexibility index (Phi) is 19.7. The molecule has 4 aromatic rings. The number of aliphatic hydroxyl groups excluding tert-OH is 3. The van der Waals surface area contributed by atoms with E-state index in [2.05, 4.69) is 18.3 Å². The second-order valence-corrected chi connectivity index (χ2v) is 27.3. The third kappa shape index (κ3) is 12.3. The van der Waals surface area contributed by atoms with E-state index in [9.17, 15) is 49.2 Å². The van der Waals surface area contributed by atoms with Crippen LogP contribution in [0.3, 0.4) is 0 Å². The van der Waals surface area contributed by atoms with Crippen molar-refractivity contribution in [3.63, 3.8) is 0 Å². The summed E-state index contributed by atoms with van der Waals surface area (Å²) in [6.07, 6.45) is -4.53. The Morgan fingerprint density at radius 2 is 1.42 bits per heavy atom. The minimum absolute atomic E-state index is 0.00289. The van der Waals surface area contributed by atoms with E-state index in [-0.39, 0.29) is 46.8 Å². The molecule has 91 heavy (non-hydrogen) atoms. The summed E-state index contributed by atoms with van der Waals surface area (Å²) in [6, 6.07) is 29.1. The van der Waals surface area contributed by atoms with E-state index in [0.717, 1.165) is 52.4 Å². The molecule has 0 aromatic heterocycles. The number of rotatable bonds is 15. The maximum Gasteiger partial charge on any atom is 0.415 e. The largest absolute Gasteiger partial charge is 0.456 e. The fraction of sp³-hybridized carbons (Fsp3) is 0.529. The monoisotopic (exact) mass is 1290 g/mol. The summed E-state index contributed by atoms with van der Waals surface area (Å²) < 4.78 is 35.9. The molecule has 4 saturated carbocycles. The first kappa shape index (κ1) is 67.2. The first-order chi connectivity index (χ1) is 43.2. The molecule has 488 valence electrons. The van der Waals surface area contributed by atoms with Crippen LogP contribution in [0.4, 0.5) is 4.79 Å². The summed E-state index contributed by atoms with van der Waals surface area (Å²) in [5.74, 6) is -3.68. The Balaban J connectivity index is 0.000000260. The highest BCUT2D eigenvalue weighted by atomic mass is 35.5. The first-order valence-corrected chi connectivity index (χ1v) is 32.4. The number of Topliss-reactive ketones (excluding diaryl/α,β-unsaturated/α-hetero) is 1. The van der Waals surface area contributed by atoms with Gasteiger partial charge < -0.3 is 59.1 Å². The Morgan fingerprint density at radius 1 is 0.780 bits per heavy atom. The molecule has 5 fully saturated rings. The highest BCUT2D eigenvalue weighted by Crippen LogP contribution is 2.65. The second-order valence-electron chi connectivity index (χ2n) is 26.5. The van der Waals surface area contributed by atoms with Crippen molar-refractivity contribution >= 4 is 64.9 Å². The number of aryl methyl sites for hydroxylation is 1. The average Bonchev–Trinajstić information content (AvgIpc) is 1.06. The predicted octanol–water partition coefficient (Wildman–Crippen LogP) is 8.92. The molecule has 0 spiro atoms. The molecular weight excluding hydrogens is 1210 g/mol. The van der Waals surface area contributed by atoms with Crippen molar-refractivity contribution in [1.82, 2.24) is 10.2 Å². The van der Waals surface area contributed by atoms with Gasteiger partial charge in [0.2, 0.25) is 0 Å². The number of nitrogens with zero attached hydrogens (tertiary/aromatic N) is 1. The summed E-state index contributed by atoms with van der Waals surface area (Å²) in [7, 11) is 0. The number of carbonyl (C=O) groups excluding carboxylic acids is 7. The number of alkyl halides is 2. The fourth-order valence-corrected chi connectivity index (χ4v) is 16.8. The zero-order chi connectivity index (χ0) is 65.5. The second kappa shape index (κ2) is 26.7. The average molecular weight is 1290 g/mol. The number of nitrogens with one attached hydrogen (secondary N) is 1. The van der Waals surface area contributed by atoms with Crippen LogP contribution in [0.25, 0.3) is 0 Å². The van der Waals surface area contributed by atoms with Gasteiger partial charge in [0, 0.05) is 62.5 Å². The summed E-state index contributed by atoms with van der Waals surface area (Å²) in [4.78, 5) is 97.4. The molecule has 6 aliphatic carbocycles. The van der Waals surface area contributed by atoms with E-state index in [1.165, 1.54) is 37.1 Å². The van der Waals surface area contributed by atoms with E-state index >= 15 is 4.79 Å². The summed E-state index contributed by atoms with van der Waals surface area (Å²) in [5, 5.41) is 50.8. The van der Waals surface area contributed by atoms with Crippen molar-refractivity contribution < 1.29 is 82.4 Å². The number of amides is 2. The van der Waals surface area contributed by atoms with Crippen LogP contribution in [0.2, 0.25) is 0 Å². The lowest BCUT2D eigenvalue weighted by molar-refractivity contribution is -0.346. The van der Waals surface area contributed by atoms with Gasteiger partial charge >= 0.3 is 30.0 Å². The third-order valence-electron chi connectivity index (χ3n) is 21.3. The predicted molar refractivity (Wildman–Crippen MR) is 334 cm³/mol. The maximum atomic E-state index is 15.5. The molecule has 21 heteroatoms. The Hall–Kier alpha value is -6.71. The Morgan fingerprint density at radius 3 is 2.02 bits per heavy atom. The lowest BCUT2D eigenvalue weighted by Gasteiger charge is -2.67. The number of benzene rings is 4. The van der Waals surface area contributed by atoms with Crippen LogP contribution in [-0.4, -0.2) is 152 Å². The molecule has 1 heterocycles. The minimum atomic E-state index is -2.39. The van der Waals surface area contributed by atoms with Crippen LogP contribution in [-0.2, 0) is 49.3 Å². The van der Waals surface area contributed by atoms with Crippen LogP contribution in [0.15, 0.2) is 120 Å². The van der Waals surface area contributed by atoms with Gasteiger partial charge in [-0.3, -0.25) is 19.2 Å². The molecule has 0 unspecified atom stereocenters. The van der Waals surface area contributed by atoms with Gasteiger partial charge in [-0.15, -0.1) is 23.2 Å². The third-order valence-corrected chi connectivity index (χ3v) is 21.6. The van der Waals surface area contributed by atoms with Crippen molar-refractivity contribution in [2.24, 2.45) is 34.0 Å². The van der Waals surface area contributed by atoms with Crippen molar-refractivity contribution in [3.05, 3.63) is 148 Å². The number of ether oxygens (including phenoxy) is 6. The normalized spacial score (nSPS) is 32.2. The van der Waals surface area contributed by atoms with Gasteiger partial charge in [0.15, 0.2) is 23.6 Å². The quantitative estimate of drug-likeness (QED) is 0.0322. The summed E-state index contributed by atoms with van der Waals surface area (Å²) >= 11 is 11.6. The number of aliphatic hydroxyl groups is 4. The highest BCUT2D eigenvalue weighted by Gasteiger charge is 2.78. The van der Waals surface area contributed by atoms with Gasteiger partial charge in [0.25, 0.3) is 5.91 Å². The van der Waals surface area contributed by atoms with Gasteiger partial charge in [0.1, 0.15) is 29.7 Å².